The molecule has 96 valence electrons. The molecule has 0 bridgehead atoms. The molecule has 3 heteroatoms. The highest BCUT2D eigenvalue weighted by molar-refractivity contribution is 7.16. The van der Waals surface area contributed by atoms with Crippen LogP contribution in [0.25, 0.3) is 0 Å². The highest BCUT2D eigenvalue weighted by Gasteiger charge is 2.12. The first-order valence-electron chi connectivity index (χ1n) is 6.19. The number of benzene rings is 1. The van der Waals surface area contributed by atoms with E-state index in [-0.39, 0.29) is 5.38 Å². The molecule has 1 aromatic heterocycles. The molecule has 2 rings (SSSR count). The van der Waals surface area contributed by atoms with Gasteiger partial charge in [0.2, 0.25) is 0 Å². The fraction of sp³-hybridized carbons (Fsp3) is 0.333. The summed E-state index contributed by atoms with van der Waals surface area (Å²) in [5, 5.41) is -0.0947. The van der Waals surface area contributed by atoms with Crippen molar-refractivity contribution in [2.45, 2.75) is 31.6 Å². The first-order chi connectivity index (χ1) is 8.70. The Morgan fingerprint density at radius 3 is 2.39 bits per heavy atom. The summed E-state index contributed by atoms with van der Waals surface area (Å²) in [5.41, 5.74) is 2.52. The fourth-order valence-electron chi connectivity index (χ4n) is 1.86. The quantitative estimate of drug-likeness (QED) is 0.587. The smallest absolute Gasteiger partial charge is 0.0931 e. The first kappa shape index (κ1) is 13.9. The Hall–Kier alpha value is -0.500. The number of rotatable bonds is 5. The van der Waals surface area contributed by atoms with Crippen molar-refractivity contribution in [3.8, 4) is 0 Å². The molecule has 0 saturated carbocycles. The third kappa shape index (κ3) is 3.50. The third-order valence-electron chi connectivity index (χ3n) is 2.94. The van der Waals surface area contributed by atoms with Crippen LogP contribution in [-0.4, -0.2) is 0 Å². The molecule has 1 aromatic carbocycles. The topological polar surface area (TPSA) is 0 Å². The van der Waals surface area contributed by atoms with Crippen LogP contribution in [0.3, 0.4) is 0 Å². The number of hydrogen-bond donors (Lipinski definition) is 0. The average Bonchev–Trinajstić information content (AvgIpc) is 2.83. The molecule has 0 aliphatic heterocycles. The molecule has 0 nitrogen and oxygen atoms in total. The van der Waals surface area contributed by atoms with Crippen molar-refractivity contribution in [1.29, 1.82) is 0 Å². The van der Waals surface area contributed by atoms with E-state index >= 15 is 0 Å². The molecule has 0 aliphatic rings. The van der Waals surface area contributed by atoms with Crippen molar-refractivity contribution in [3.63, 3.8) is 0 Å². The number of alkyl halides is 1. The second kappa shape index (κ2) is 6.60. The van der Waals surface area contributed by atoms with Gasteiger partial charge in [-0.15, -0.1) is 22.9 Å². The maximum Gasteiger partial charge on any atom is 0.0931 e. The largest absolute Gasteiger partial charge is 0.127 e. The Kier molecular flexibility index (Phi) is 5.11. The van der Waals surface area contributed by atoms with Gasteiger partial charge in [0.1, 0.15) is 0 Å². The molecule has 1 heterocycles. The normalized spacial score (nSPS) is 12.6. The lowest BCUT2D eigenvalue weighted by molar-refractivity contribution is 0.794. The molecule has 1 atom stereocenters. The molecular formula is C15H16Cl2S. The van der Waals surface area contributed by atoms with Gasteiger partial charge >= 0.3 is 0 Å². The number of hydrogen-bond acceptors (Lipinski definition) is 1. The molecule has 1 unspecified atom stereocenters. The highest BCUT2D eigenvalue weighted by Crippen LogP contribution is 2.35. The van der Waals surface area contributed by atoms with Gasteiger partial charge in [-0.2, -0.15) is 0 Å². The van der Waals surface area contributed by atoms with E-state index in [0.717, 1.165) is 21.2 Å². The SMILES string of the molecule is CCCCc1ccc(C(Cl)c2ccc(Cl)s2)cc1. The Morgan fingerprint density at radius 1 is 1.11 bits per heavy atom. The summed E-state index contributed by atoms with van der Waals surface area (Å²) in [6, 6.07) is 12.5. The minimum Gasteiger partial charge on any atom is -0.127 e. The summed E-state index contributed by atoms with van der Waals surface area (Å²) in [4.78, 5) is 1.10. The Morgan fingerprint density at radius 2 is 1.83 bits per heavy atom. The lowest BCUT2D eigenvalue weighted by atomic mass is 10.0. The Labute approximate surface area is 123 Å². The maximum absolute atomic E-state index is 6.45. The molecule has 0 radical (unpaired) electrons. The van der Waals surface area contributed by atoms with Gasteiger partial charge < -0.3 is 0 Å². The molecule has 0 amide bonds. The molecular weight excluding hydrogens is 283 g/mol. The van der Waals surface area contributed by atoms with Crippen LogP contribution in [0, 0.1) is 0 Å². The third-order valence-corrected chi connectivity index (χ3v) is 4.85. The van der Waals surface area contributed by atoms with Gasteiger partial charge in [-0.05, 0) is 36.1 Å². The minimum atomic E-state index is -0.0947. The summed E-state index contributed by atoms with van der Waals surface area (Å²) >= 11 is 13.9. The predicted molar refractivity (Wildman–Crippen MR) is 82.1 cm³/mol. The number of aryl methyl sites for hydroxylation is 1. The second-order valence-electron chi connectivity index (χ2n) is 4.35. The molecule has 18 heavy (non-hydrogen) atoms. The van der Waals surface area contributed by atoms with Crippen LogP contribution in [0.5, 0.6) is 0 Å². The molecule has 0 aliphatic carbocycles. The fourth-order valence-corrected chi connectivity index (χ4v) is 3.28. The lowest BCUT2D eigenvalue weighted by Gasteiger charge is -2.08. The summed E-state index contributed by atoms with van der Waals surface area (Å²) in [5.74, 6) is 0. The first-order valence-corrected chi connectivity index (χ1v) is 7.82. The standard InChI is InChI=1S/C15H16Cl2S/c1-2-3-4-11-5-7-12(8-6-11)15(17)13-9-10-14(16)18-13/h5-10,15H,2-4H2,1H3. The second-order valence-corrected chi connectivity index (χ2v) is 6.53. The van der Waals surface area contributed by atoms with Crippen molar-refractivity contribution < 1.29 is 0 Å². The van der Waals surface area contributed by atoms with Crippen molar-refractivity contribution >= 4 is 34.5 Å². The van der Waals surface area contributed by atoms with Crippen LogP contribution < -0.4 is 0 Å². The van der Waals surface area contributed by atoms with Crippen molar-refractivity contribution in [2.75, 3.05) is 0 Å². The van der Waals surface area contributed by atoms with Gasteiger partial charge in [-0.3, -0.25) is 0 Å². The van der Waals surface area contributed by atoms with Crippen LogP contribution in [0.1, 0.15) is 41.1 Å². The van der Waals surface area contributed by atoms with E-state index in [1.807, 2.05) is 12.1 Å². The zero-order chi connectivity index (χ0) is 13.0. The summed E-state index contributed by atoms with van der Waals surface area (Å²) in [6.07, 6.45) is 3.62. The van der Waals surface area contributed by atoms with E-state index in [1.165, 1.54) is 18.4 Å². The van der Waals surface area contributed by atoms with Gasteiger partial charge in [0, 0.05) is 4.88 Å². The number of thiophene rings is 1. The van der Waals surface area contributed by atoms with E-state index in [9.17, 15) is 0 Å². The van der Waals surface area contributed by atoms with E-state index in [1.54, 1.807) is 11.3 Å². The monoisotopic (exact) mass is 298 g/mol. The Balaban J connectivity index is 2.09. The van der Waals surface area contributed by atoms with Crippen LogP contribution in [0.2, 0.25) is 4.34 Å². The van der Waals surface area contributed by atoms with Gasteiger partial charge in [-0.1, -0.05) is 49.2 Å². The molecule has 2 aromatic rings. The van der Waals surface area contributed by atoms with Crippen molar-refractivity contribution in [2.24, 2.45) is 0 Å². The number of halogens is 2. The predicted octanol–water partition coefficient (Wildman–Crippen LogP) is 6.07. The zero-order valence-corrected chi connectivity index (χ0v) is 12.7. The molecule has 0 saturated heterocycles. The highest BCUT2D eigenvalue weighted by atomic mass is 35.5. The molecule has 0 fully saturated rings. The van der Waals surface area contributed by atoms with E-state index in [2.05, 4.69) is 31.2 Å². The van der Waals surface area contributed by atoms with E-state index < -0.39 is 0 Å². The van der Waals surface area contributed by atoms with E-state index in [0.29, 0.717) is 0 Å². The van der Waals surface area contributed by atoms with E-state index in [4.69, 9.17) is 23.2 Å². The summed E-state index contributed by atoms with van der Waals surface area (Å²) in [7, 11) is 0. The van der Waals surface area contributed by atoms with Gasteiger partial charge in [0.15, 0.2) is 0 Å². The lowest BCUT2D eigenvalue weighted by Crippen LogP contribution is -1.91. The van der Waals surface area contributed by atoms with Crippen LogP contribution in [-0.2, 0) is 6.42 Å². The molecule has 0 spiro atoms. The van der Waals surface area contributed by atoms with Crippen molar-refractivity contribution in [1.82, 2.24) is 0 Å². The summed E-state index contributed by atoms with van der Waals surface area (Å²) < 4.78 is 0.787. The van der Waals surface area contributed by atoms with Gasteiger partial charge in [-0.25, -0.2) is 0 Å². The van der Waals surface area contributed by atoms with Crippen LogP contribution in [0.15, 0.2) is 36.4 Å². The summed E-state index contributed by atoms with van der Waals surface area (Å²) in [6.45, 7) is 2.21. The van der Waals surface area contributed by atoms with Gasteiger partial charge in [0.25, 0.3) is 0 Å². The average molecular weight is 299 g/mol. The van der Waals surface area contributed by atoms with Gasteiger partial charge in [0.05, 0.1) is 9.71 Å². The minimum absolute atomic E-state index is 0.0947. The van der Waals surface area contributed by atoms with Crippen LogP contribution >= 0.6 is 34.5 Å². The number of unbranched alkanes of at least 4 members (excludes halogenated alkanes) is 1. The van der Waals surface area contributed by atoms with Crippen molar-refractivity contribution in [3.05, 3.63) is 56.7 Å². The Bertz CT molecular complexity index is 487. The van der Waals surface area contributed by atoms with Crippen LogP contribution in [0.4, 0.5) is 0 Å². The maximum atomic E-state index is 6.45. The zero-order valence-electron chi connectivity index (χ0n) is 10.3. The molecule has 0 N–H and O–H groups in total.